The van der Waals surface area contributed by atoms with Crippen molar-refractivity contribution in [1.29, 1.82) is 0 Å². The molecule has 1 aromatic carbocycles. The van der Waals surface area contributed by atoms with Gasteiger partial charge in [-0.2, -0.15) is 13.2 Å². The van der Waals surface area contributed by atoms with Crippen LogP contribution in [0.1, 0.15) is 11.6 Å². The Morgan fingerprint density at radius 1 is 1.21 bits per heavy atom. The number of hydrogen-bond acceptors (Lipinski definition) is 1. The molecule has 0 radical (unpaired) electrons. The molecule has 0 unspecified atom stereocenters. The van der Waals surface area contributed by atoms with Crippen molar-refractivity contribution in [3.05, 3.63) is 35.6 Å². The molecule has 1 rings (SSSR count). The summed E-state index contributed by atoms with van der Waals surface area (Å²) in [4.78, 5) is 0. The van der Waals surface area contributed by atoms with Crippen LogP contribution in [0.2, 0.25) is 0 Å². The molecule has 0 aliphatic carbocycles. The first-order chi connectivity index (χ1) is 5.91. The third-order valence-corrected chi connectivity index (χ3v) is 1.56. The molecule has 0 aromatic heterocycles. The minimum atomic E-state index is -4.53. The molecule has 1 nitrogen and oxygen atoms in total. The first-order valence-electron chi connectivity index (χ1n) is 3.49. The van der Waals surface area contributed by atoms with Gasteiger partial charge in [-0.1, -0.05) is 12.1 Å². The summed E-state index contributed by atoms with van der Waals surface area (Å²) >= 11 is 0. The quantitative estimate of drug-likeness (QED) is 0.737. The van der Waals surface area contributed by atoms with E-state index in [0.717, 1.165) is 18.2 Å². The molecule has 0 saturated carbocycles. The molecule has 0 heterocycles. The van der Waals surface area contributed by atoms with E-state index in [1.165, 1.54) is 6.07 Å². The standard InChI is InChI=1S/C8H7F4N.ClH/c9-6-3-1-2-5(4-6)7(13)8(10,11)12;/h1-4,7H,13H2;1H/t7-;/m0./s1. The van der Waals surface area contributed by atoms with Crippen molar-refractivity contribution in [2.75, 3.05) is 0 Å². The average Bonchev–Trinajstić information content (AvgIpc) is 2.01. The summed E-state index contributed by atoms with van der Waals surface area (Å²) in [5.41, 5.74) is 4.58. The molecule has 0 fully saturated rings. The van der Waals surface area contributed by atoms with E-state index in [2.05, 4.69) is 0 Å². The van der Waals surface area contributed by atoms with E-state index >= 15 is 0 Å². The Hall–Kier alpha value is -0.810. The second-order valence-corrected chi connectivity index (χ2v) is 2.57. The molecule has 0 amide bonds. The van der Waals surface area contributed by atoms with Crippen molar-refractivity contribution in [1.82, 2.24) is 0 Å². The maximum atomic E-state index is 12.5. The van der Waals surface area contributed by atoms with Crippen LogP contribution in [0.4, 0.5) is 17.6 Å². The van der Waals surface area contributed by atoms with Crippen LogP contribution < -0.4 is 5.73 Å². The monoisotopic (exact) mass is 229 g/mol. The number of nitrogens with two attached hydrogens (primary N) is 1. The second kappa shape index (κ2) is 4.61. The number of rotatable bonds is 1. The SMILES string of the molecule is Cl.N[C@@H](c1cccc(F)c1)C(F)(F)F. The normalized spacial score (nSPS) is 13.2. The summed E-state index contributed by atoms with van der Waals surface area (Å²) in [5, 5.41) is 0. The number of halogens is 5. The zero-order valence-electron chi connectivity index (χ0n) is 6.88. The maximum Gasteiger partial charge on any atom is 0.407 e. The topological polar surface area (TPSA) is 26.0 Å². The van der Waals surface area contributed by atoms with E-state index in [4.69, 9.17) is 5.73 Å². The highest BCUT2D eigenvalue weighted by Crippen LogP contribution is 2.30. The van der Waals surface area contributed by atoms with E-state index in [-0.39, 0.29) is 18.0 Å². The fourth-order valence-electron chi connectivity index (χ4n) is 0.889. The molecule has 0 saturated heterocycles. The minimum Gasteiger partial charge on any atom is -0.316 e. The van der Waals surface area contributed by atoms with Gasteiger partial charge >= 0.3 is 6.18 Å². The van der Waals surface area contributed by atoms with Crippen molar-refractivity contribution in [2.24, 2.45) is 5.73 Å². The zero-order valence-corrected chi connectivity index (χ0v) is 7.70. The van der Waals surface area contributed by atoms with Gasteiger partial charge in [-0.05, 0) is 17.7 Å². The van der Waals surface area contributed by atoms with E-state index in [1.807, 2.05) is 0 Å². The van der Waals surface area contributed by atoms with Crippen molar-refractivity contribution in [2.45, 2.75) is 12.2 Å². The van der Waals surface area contributed by atoms with E-state index in [1.54, 1.807) is 0 Å². The summed E-state index contributed by atoms with van der Waals surface area (Å²) in [6, 6.07) is 2.05. The first-order valence-corrected chi connectivity index (χ1v) is 3.49. The lowest BCUT2D eigenvalue weighted by atomic mass is 10.1. The summed E-state index contributed by atoms with van der Waals surface area (Å²) in [6.07, 6.45) is -4.53. The predicted octanol–water partition coefficient (Wildman–Crippen LogP) is 2.81. The van der Waals surface area contributed by atoms with Crippen LogP contribution in [0.15, 0.2) is 24.3 Å². The van der Waals surface area contributed by atoms with Crippen molar-refractivity contribution in [3.8, 4) is 0 Å². The fourth-order valence-corrected chi connectivity index (χ4v) is 0.889. The van der Waals surface area contributed by atoms with Crippen molar-refractivity contribution in [3.63, 3.8) is 0 Å². The van der Waals surface area contributed by atoms with Gasteiger partial charge in [0.25, 0.3) is 0 Å². The van der Waals surface area contributed by atoms with Gasteiger partial charge in [0.05, 0.1) is 0 Å². The number of benzene rings is 1. The zero-order chi connectivity index (χ0) is 10.1. The van der Waals surface area contributed by atoms with Gasteiger partial charge in [-0.15, -0.1) is 12.4 Å². The number of alkyl halides is 3. The molecule has 14 heavy (non-hydrogen) atoms. The highest BCUT2D eigenvalue weighted by Gasteiger charge is 2.37. The Morgan fingerprint density at radius 3 is 2.21 bits per heavy atom. The molecule has 0 aliphatic rings. The Labute approximate surface area is 84.3 Å². The largest absolute Gasteiger partial charge is 0.407 e. The third kappa shape index (κ3) is 3.16. The molecule has 2 N–H and O–H groups in total. The van der Waals surface area contributed by atoms with Gasteiger partial charge in [-0.3, -0.25) is 0 Å². The van der Waals surface area contributed by atoms with Crippen LogP contribution in [-0.4, -0.2) is 6.18 Å². The van der Waals surface area contributed by atoms with Gasteiger partial charge in [0, 0.05) is 0 Å². The van der Waals surface area contributed by atoms with Gasteiger partial charge in [0.2, 0.25) is 0 Å². The minimum absolute atomic E-state index is 0. The van der Waals surface area contributed by atoms with Gasteiger partial charge < -0.3 is 5.73 Å². The van der Waals surface area contributed by atoms with Crippen LogP contribution in [-0.2, 0) is 0 Å². The second-order valence-electron chi connectivity index (χ2n) is 2.57. The van der Waals surface area contributed by atoms with Crippen LogP contribution in [0.25, 0.3) is 0 Å². The third-order valence-electron chi connectivity index (χ3n) is 1.56. The van der Waals surface area contributed by atoms with Crippen molar-refractivity contribution >= 4 is 12.4 Å². The lowest BCUT2D eigenvalue weighted by molar-refractivity contribution is -0.149. The molecule has 0 aliphatic heterocycles. The summed E-state index contributed by atoms with van der Waals surface area (Å²) in [5.74, 6) is -0.725. The fraction of sp³-hybridized carbons (Fsp3) is 0.250. The summed E-state index contributed by atoms with van der Waals surface area (Å²) in [7, 11) is 0. The maximum absolute atomic E-state index is 12.5. The molecule has 1 atom stereocenters. The van der Waals surface area contributed by atoms with Crippen LogP contribution in [0.5, 0.6) is 0 Å². The van der Waals surface area contributed by atoms with Crippen LogP contribution >= 0.6 is 12.4 Å². The van der Waals surface area contributed by atoms with Gasteiger partial charge in [0.1, 0.15) is 11.9 Å². The smallest absolute Gasteiger partial charge is 0.316 e. The Morgan fingerprint density at radius 2 is 1.79 bits per heavy atom. The lowest BCUT2D eigenvalue weighted by Gasteiger charge is -2.15. The first kappa shape index (κ1) is 13.2. The van der Waals surface area contributed by atoms with E-state index < -0.39 is 18.0 Å². The van der Waals surface area contributed by atoms with Crippen molar-refractivity contribution < 1.29 is 17.6 Å². The van der Waals surface area contributed by atoms with E-state index in [0.29, 0.717) is 0 Å². The van der Waals surface area contributed by atoms with Gasteiger partial charge in [-0.25, -0.2) is 4.39 Å². The number of hydrogen-bond donors (Lipinski definition) is 1. The predicted molar refractivity (Wildman–Crippen MR) is 46.6 cm³/mol. The summed E-state index contributed by atoms with van der Waals surface area (Å²) < 4.78 is 48.6. The highest BCUT2D eigenvalue weighted by molar-refractivity contribution is 5.85. The Balaban J connectivity index is 0.00000169. The van der Waals surface area contributed by atoms with E-state index in [9.17, 15) is 17.6 Å². The molecule has 80 valence electrons. The Bertz CT molecular complexity index is 300. The molecular weight excluding hydrogens is 222 g/mol. The highest BCUT2D eigenvalue weighted by atomic mass is 35.5. The molecule has 6 heteroatoms. The van der Waals surface area contributed by atoms with Gasteiger partial charge in [0.15, 0.2) is 0 Å². The van der Waals surface area contributed by atoms with Crippen LogP contribution in [0, 0.1) is 5.82 Å². The average molecular weight is 230 g/mol. The molecule has 0 spiro atoms. The molecule has 1 aromatic rings. The lowest BCUT2D eigenvalue weighted by Crippen LogP contribution is -2.28. The molecule has 0 bridgehead atoms. The molecular formula is C8H8ClF4N. The van der Waals surface area contributed by atoms with Crippen LogP contribution in [0.3, 0.4) is 0 Å². The summed E-state index contributed by atoms with van der Waals surface area (Å²) in [6.45, 7) is 0. The Kier molecular flexibility index (Phi) is 4.35.